The molecule has 6 heteroatoms. The van der Waals surface area contributed by atoms with E-state index in [1.54, 1.807) is 7.11 Å². The third kappa shape index (κ3) is 3.24. The van der Waals surface area contributed by atoms with Crippen molar-refractivity contribution in [3.63, 3.8) is 0 Å². The van der Waals surface area contributed by atoms with Crippen LogP contribution in [0, 0.1) is 6.92 Å². The van der Waals surface area contributed by atoms with Crippen LogP contribution < -0.4 is 5.59 Å². The molecule has 124 valence electrons. The van der Waals surface area contributed by atoms with E-state index in [0.717, 1.165) is 30.5 Å². The van der Waals surface area contributed by atoms with Gasteiger partial charge < -0.3 is 14.0 Å². The zero-order valence-electron chi connectivity index (χ0n) is 15.0. The first-order valence-electron chi connectivity index (χ1n) is 8.16. The first kappa shape index (κ1) is 17.5. The summed E-state index contributed by atoms with van der Waals surface area (Å²) in [7, 11) is 1.32. The maximum Gasteiger partial charge on any atom is 0.514 e. The fourth-order valence-electron chi connectivity index (χ4n) is 2.63. The highest BCUT2D eigenvalue weighted by molar-refractivity contribution is 6.61. The number of aromatic nitrogens is 2. The minimum Gasteiger partial charge on any atom is -0.398 e. The predicted molar refractivity (Wildman–Crippen MR) is 88.3 cm³/mol. The minimum absolute atomic E-state index is 0.0809. The topological polar surface area (TPSA) is 45.5 Å². The van der Waals surface area contributed by atoms with Crippen LogP contribution in [0.15, 0.2) is 6.07 Å². The van der Waals surface area contributed by atoms with Crippen molar-refractivity contribution in [2.24, 2.45) is 0 Å². The molecule has 1 aromatic heterocycles. The number of aryl methyl sites for hydroxylation is 1. The van der Waals surface area contributed by atoms with Gasteiger partial charge in [0, 0.05) is 7.11 Å². The highest BCUT2D eigenvalue weighted by Crippen LogP contribution is 2.36. The first-order chi connectivity index (χ1) is 10.2. The van der Waals surface area contributed by atoms with Gasteiger partial charge in [0.2, 0.25) is 0 Å². The molecule has 1 saturated heterocycles. The molecule has 1 aromatic rings. The number of rotatable bonds is 6. The van der Waals surface area contributed by atoms with Crippen molar-refractivity contribution >= 4 is 12.7 Å². The molecule has 0 aromatic carbocycles. The van der Waals surface area contributed by atoms with Gasteiger partial charge in [-0.25, -0.2) is 4.68 Å². The summed E-state index contributed by atoms with van der Waals surface area (Å²) in [4.78, 5) is 0. The van der Waals surface area contributed by atoms with E-state index < -0.39 is 7.12 Å². The molecule has 1 unspecified atom stereocenters. The van der Waals surface area contributed by atoms with Crippen LogP contribution in [-0.4, -0.2) is 35.2 Å². The average Bonchev–Trinajstić information content (AvgIpc) is 2.89. The van der Waals surface area contributed by atoms with Gasteiger partial charge in [-0.3, -0.25) is 0 Å². The second-order valence-electron chi connectivity index (χ2n) is 7.08. The van der Waals surface area contributed by atoms with Gasteiger partial charge in [-0.2, -0.15) is 5.10 Å². The van der Waals surface area contributed by atoms with Crippen molar-refractivity contribution < 1.29 is 14.0 Å². The van der Waals surface area contributed by atoms with E-state index in [9.17, 15) is 0 Å². The SMILES string of the molecule is CCCCC(OC)n1nc(C)cc1B1OC(C)(C)C(C)(C)O1. The first-order valence-corrected chi connectivity index (χ1v) is 8.16. The van der Waals surface area contributed by atoms with Gasteiger partial charge in [0.05, 0.1) is 22.5 Å². The lowest BCUT2D eigenvalue weighted by Gasteiger charge is -2.32. The number of ether oxygens (including phenoxy) is 1. The molecule has 0 radical (unpaired) electrons. The molecule has 0 bridgehead atoms. The van der Waals surface area contributed by atoms with Gasteiger partial charge in [0.15, 0.2) is 0 Å². The Morgan fingerprint density at radius 3 is 2.36 bits per heavy atom. The summed E-state index contributed by atoms with van der Waals surface area (Å²) in [5.74, 6) is 0. The second kappa shape index (κ2) is 6.34. The summed E-state index contributed by atoms with van der Waals surface area (Å²) in [6.45, 7) is 12.4. The largest absolute Gasteiger partial charge is 0.514 e. The smallest absolute Gasteiger partial charge is 0.398 e. The van der Waals surface area contributed by atoms with Gasteiger partial charge in [-0.05, 0) is 53.5 Å². The molecule has 22 heavy (non-hydrogen) atoms. The molecular weight excluding hydrogens is 279 g/mol. The minimum atomic E-state index is -0.412. The van der Waals surface area contributed by atoms with E-state index in [-0.39, 0.29) is 17.4 Å². The molecule has 0 saturated carbocycles. The molecule has 0 N–H and O–H groups in total. The third-order valence-electron chi connectivity index (χ3n) is 4.73. The Morgan fingerprint density at radius 1 is 1.27 bits per heavy atom. The van der Waals surface area contributed by atoms with Gasteiger partial charge >= 0.3 is 7.12 Å². The van der Waals surface area contributed by atoms with Crippen LogP contribution in [0.25, 0.3) is 0 Å². The fraction of sp³-hybridized carbons (Fsp3) is 0.812. The Bertz CT molecular complexity index is 497. The van der Waals surface area contributed by atoms with Crippen molar-refractivity contribution in [3.05, 3.63) is 11.8 Å². The quantitative estimate of drug-likeness (QED) is 0.758. The van der Waals surface area contributed by atoms with Crippen molar-refractivity contribution in [3.8, 4) is 0 Å². The maximum absolute atomic E-state index is 6.16. The standard InChI is InChI=1S/C16H29BN2O3/c1-8-9-10-14(20-7)19-13(11-12(2)18-19)17-21-15(3,4)16(5,6)22-17/h11,14H,8-10H2,1-7H3. The molecule has 5 nitrogen and oxygen atoms in total. The lowest BCUT2D eigenvalue weighted by Crippen LogP contribution is -2.41. The van der Waals surface area contributed by atoms with Crippen LogP contribution in [0.2, 0.25) is 0 Å². The van der Waals surface area contributed by atoms with E-state index in [1.807, 2.05) is 17.7 Å². The van der Waals surface area contributed by atoms with E-state index in [1.165, 1.54) is 0 Å². The monoisotopic (exact) mass is 308 g/mol. The number of hydrogen-bond donors (Lipinski definition) is 0. The second-order valence-corrected chi connectivity index (χ2v) is 7.08. The van der Waals surface area contributed by atoms with E-state index in [0.29, 0.717) is 0 Å². The number of nitrogens with zero attached hydrogens (tertiary/aromatic N) is 2. The normalized spacial score (nSPS) is 21.3. The van der Waals surface area contributed by atoms with Crippen molar-refractivity contribution in [2.45, 2.75) is 78.2 Å². The average molecular weight is 308 g/mol. The van der Waals surface area contributed by atoms with Crippen LogP contribution in [0.4, 0.5) is 0 Å². The number of hydrogen-bond acceptors (Lipinski definition) is 4. The Kier molecular flexibility index (Phi) is 5.04. The Hall–Kier alpha value is -0.845. The molecule has 0 spiro atoms. The molecular formula is C16H29BN2O3. The summed E-state index contributed by atoms with van der Waals surface area (Å²) in [5, 5.41) is 4.61. The summed E-state index contributed by atoms with van der Waals surface area (Å²) in [6, 6.07) is 2.03. The van der Waals surface area contributed by atoms with E-state index >= 15 is 0 Å². The molecule has 1 atom stereocenters. The summed E-state index contributed by atoms with van der Waals surface area (Å²) in [5.41, 5.74) is 1.17. The van der Waals surface area contributed by atoms with Crippen molar-refractivity contribution in [2.75, 3.05) is 7.11 Å². The van der Waals surface area contributed by atoms with Crippen LogP contribution in [-0.2, 0) is 14.0 Å². The molecule has 1 fully saturated rings. The van der Waals surface area contributed by atoms with Gasteiger partial charge in [0.25, 0.3) is 0 Å². The highest BCUT2D eigenvalue weighted by Gasteiger charge is 2.53. The van der Waals surface area contributed by atoms with Crippen LogP contribution in [0.5, 0.6) is 0 Å². The highest BCUT2D eigenvalue weighted by atomic mass is 16.7. The summed E-state index contributed by atoms with van der Waals surface area (Å²) >= 11 is 0. The van der Waals surface area contributed by atoms with Gasteiger partial charge in [0.1, 0.15) is 6.23 Å². The third-order valence-corrected chi connectivity index (χ3v) is 4.73. The Balaban J connectivity index is 2.29. The maximum atomic E-state index is 6.16. The lowest BCUT2D eigenvalue weighted by atomic mass is 9.84. The van der Waals surface area contributed by atoms with E-state index in [4.69, 9.17) is 14.0 Å². The lowest BCUT2D eigenvalue weighted by molar-refractivity contribution is 0.00578. The molecule has 2 rings (SSSR count). The predicted octanol–water partition coefficient (Wildman–Crippen LogP) is 2.83. The molecule has 1 aliphatic heterocycles. The zero-order chi connectivity index (χ0) is 16.5. The van der Waals surface area contributed by atoms with Crippen LogP contribution in [0.3, 0.4) is 0 Å². The Labute approximate surface area is 134 Å². The van der Waals surface area contributed by atoms with E-state index in [2.05, 4.69) is 39.7 Å². The van der Waals surface area contributed by atoms with Gasteiger partial charge in [-0.1, -0.05) is 13.3 Å². The van der Waals surface area contributed by atoms with Crippen LogP contribution >= 0.6 is 0 Å². The molecule has 1 aliphatic rings. The summed E-state index contributed by atoms with van der Waals surface area (Å²) < 4.78 is 19.9. The Morgan fingerprint density at radius 2 is 1.86 bits per heavy atom. The summed E-state index contributed by atoms with van der Waals surface area (Å²) in [6.07, 6.45) is 3.08. The number of unbranched alkanes of at least 4 members (excludes halogenated alkanes) is 1. The molecule has 2 heterocycles. The molecule has 0 aliphatic carbocycles. The number of methoxy groups -OCH3 is 1. The van der Waals surface area contributed by atoms with Crippen LogP contribution in [0.1, 0.15) is 65.8 Å². The zero-order valence-corrected chi connectivity index (χ0v) is 15.0. The van der Waals surface area contributed by atoms with Crippen molar-refractivity contribution in [1.82, 2.24) is 9.78 Å². The fourth-order valence-corrected chi connectivity index (χ4v) is 2.63. The van der Waals surface area contributed by atoms with Crippen molar-refractivity contribution in [1.29, 1.82) is 0 Å². The molecule has 0 amide bonds. The van der Waals surface area contributed by atoms with Gasteiger partial charge in [-0.15, -0.1) is 0 Å².